The van der Waals surface area contributed by atoms with Crippen LogP contribution in [0.4, 0.5) is 0 Å². The average Bonchev–Trinajstić information content (AvgIpc) is 3.19. The molecule has 0 fully saturated rings. The van der Waals surface area contributed by atoms with Gasteiger partial charge in [-0.15, -0.1) is 0 Å². The highest BCUT2D eigenvalue weighted by Crippen LogP contribution is 2.33. The number of carbonyl (C=O) groups is 1. The van der Waals surface area contributed by atoms with Crippen LogP contribution in [0.5, 0.6) is 5.75 Å². The van der Waals surface area contributed by atoms with Crippen molar-refractivity contribution in [2.45, 2.75) is 64.7 Å². The van der Waals surface area contributed by atoms with E-state index in [-0.39, 0.29) is 0 Å². The molecule has 1 aliphatic heterocycles. The number of nitrogens with zero attached hydrogens (tertiary/aromatic N) is 2. The van der Waals surface area contributed by atoms with Crippen molar-refractivity contribution in [3.63, 3.8) is 0 Å². The van der Waals surface area contributed by atoms with Crippen LogP contribution in [0.15, 0.2) is 94.3 Å². The Kier molecular flexibility index (Phi) is 22.3. The first-order chi connectivity index (χ1) is 19.0. The van der Waals surface area contributed by atoms with Crippen molar-refractivity contribution in [1.82, 2.24) is 10.4 Å². The van der Waals surface area contributed by atoms with Gasteiger partial charge in [-0.3, -0.25) is 5.43 Å². The van der Waals surface area contributed by atoms with E-state index in [1.54, 1.807) is 24.9 Å². The molecule has 6 heteroatoms. The molecule has 5 nitrogen and oxygen atoms in total. The molecule has 0 radical (unpaired) electrons. The molecule has 1 aliphatic rings. The molecule has 2 aromatic rings. The van der Waals surface area contributed by atoms with Crippen LogP contribution in [0, 0.1) is 0 Å². The molecule has 0 saturated heterocycles. The normalized spacial score (nSPS) is 11.7. The molecule has 1 N–H and O–H groups in total. The Balaban J connectivity index is 0.000000662. The van der Waals surface area contributed by atoms with Gasteiger partial charge in [-0.05, 0) is 44.7 Å². The van der Waals surface area contributed by atoms with Gasteiger partial charge in [0.15, 0.2) is 0 Å². The zero-order valence-electron chi connectivity index (χ0n) is 25.1. The molecule has 2 aromatic carbocycles. The Labute approximate surface area is 242 Å². The van der Waals surface area contributed by atoms with Crippen LogP contribution in [0.3, 0.4) is 0 Å². The second kappa shape index (κ2) is 24.1. The number of aliphatic imine (C=N–C) groups is 1. The number of unbranched alkanes of at least 4 members (excludes halogenated alkanes) is 2. The fraction of sp³-hybridized carbons (Fsp3) is 0.394. The molecular weight excluding hydrogens is 502 g/mol. The summed E-state index contributed by atoms with van der Waals surface area (Å²) in [6.07, 6.45) is 12.1. The lowest BCUT2D eigenvalue weighted by molar-refractivity contribution is -0.107. The second-order valence-corrected chi connectivity index (χ2v) is 9.40. The minimum atomic E-state index is 0.552. The molecule has 0 aromatic heterocycles. The number of methoxy groups -OCH3 is 1. The lowest BCUT2D eigenvalue weighted by Gasteiger charge is -2.12. The number of fused-ring (bicyclic) bond motifs is 1. The first-order valence-electron chi connectivity index (χ1n) is 13.7. The molecule has 0 aliphatic carbocycles. The number of rotatable bonds is 10. The van der Waals surface area contributed by atoms with Crippen LogP contribution in [0.1, 0.15) is 70.9 Å². The highest BCUT2D eigenvalue weighted by molar-refractivity contribution is 8.02. The number of carbonyl (C=O) groups excluding carboxylic acids is 1. The number of thioether (sulfide) groups is 1. The molecule has 1 heterocycles. The van der Waals surface area contributed by atoms with Gasteiger partial charge in [0.05, 0.1) is 18.5 Å². The predicted molar refractivity (Wildman–Crippen MR) is 172 cm³/mol. The van der Waals surface area contributed by atoms with E-state index < -0.39 is 0 Å². The van der Waals surface area contributed by atoms with Gasteiger partial charge in [-0.2, -0.15) is 0 Å². The SMILES string of the molecule is C/C=C\CC=O.C=CC1=CSc2ccccc2C(c2ccccc2OC)=N1.CCCC.CCCCN(C)NC. The van der Waals surface area contributed by atoms with Gasteiger partial charge in [0, 0.05) is 41.4 Å². The Hall–Kier alpha value is -2.93. The maximum Gasteiger partial charge on any atom is 0.128 e. The molecule has 0 amide bonds. The van der Waals surface area contributed by atoms with Crippen molar-refractivity contribution < 1.29 is 9.53 Å². The number of hydrogen-bond donors (Lipinski definition) is 1. The van der Waals surface area contributed by atoms with E-state index in [0.717, 1.165) is 41.1 Å². The van der Waals surface area contributed by atoms with Gasteiger partial charge in [0.1, 0.15) is 12.0 Å². The summed E-state index contributed by atoms with van der Waals surface area (Å²) in [6.45, 7) is 13.4. The molecule has 39 heavy (non-hydrogen) atoms. The Morgan fingerprint density at radius 2 is 1.67 bits per heavy atom. The van der Waals surface area contributed by atoms with Crippen molar-refractivity contribution in [1.29, 1.82) is 0 Å². The van der Waals surface area contributed by atoms with Gasteiger partial charge in [0.2, 0.25) is 0 Å². The number of para-hydroxylation sites is 1. The minimum absolute atomic E-state index is 0.552. The molecule has 0 bridgehead atoms. The topological polar surface area (TPSA) is 53.9 Å². The molecule has 0 atom stereocenters. The van der Waals surface area contributed by atoms with Crippen molar-refractivity contribution in [3.05, 3.63) is 95.6 Å². The smallest absolute Gasteiger partial charge is 0.128 e. The predicted octanol–water partition coefficient (Wildman–Crippen LogP) is 8.48. The van der Waals surface area contributed by atoms with Crippen molar-refractivity contribution in [2.24, 2.45) is 4.99 Å². The molecular formula is C33H49N3O2S. The third kappa shape index (κ3) is 15.3. The van der Waals surface area contributed by atoms with Gasteiger partial charge < -0.3 is 9.53 Å². The van der Waals surface area contributed by atoms with Crippen LogP contribution in [0.2, 0.25) is 0 Å². The maximum atomic E-state index is 9.51. The van der Waals surface area contributed by atoms with Crippen LogP contribution in [0.25, 0.3) is 0 Å². The summed E-state index contributed by atoms with van der Waals surface area (Å²) in [5.74, 6) is 0.821. The van der Waals surface area contributed by atoms with Gasteiger partial charge in [-0.25, -0.2) is 10.0 Å². The minimum Gasteiger partial charge on any atom is -0.496 e. The lowest BCUT2D eigenvalue weighted by atomic mass is 10.0. The van der Waals surface area contributed by atoms with E-state index in [2.05, 4.69) is 57.0 Å². The van der Waals surface area contributed by atoms with Crippen LogP contribution in [-0.2, 0) is 4.79 Å². The highest BCUT2D eigenvalue weighted by Gasteiger charge is 2.17. The number of aldehydes is 1. The van der Waals surface area contributed by atoms with Crippen molar-refractivity contribution in [3.8, 4) is 5.75 Å². The largest absolute Gasteiger partial charge is 0.496 e. The van der Waals surface area contributed by atoms with Crippen LogP contribution < -0.4 is 10.2 Å². The van der Waals surface area contributed by atoms with Crippen molar-refractivity contribution in [2.75, 3.05) is 27.7 Å². The van der Waals surface area contributed by atoms with Gasteiger partial charge in [0.25, 0.3) is 0 Å². The summed E-state index contributed by atoms with van der Waals surface area (Å²) in [5.41, 5.74) is 6.91. The second-order valence-electron chi connectivity index (χ2n) is 8.49. The summed E-state index contributed by atoms with van der Waals surface area (Å²) in [5, 5.41) is 4.11. The Bertz CT molecular complexity index is 1030. The van der Waals surface area contributed by atoms with E-state index in [4.69, 9.17) is 9.73 Å². The first kappa shape index (κ1) is 36.1. The van der Waals surface area contributed by atoms with Crippen LogP contribution >= 0.6 is 11.8 Å². The third-order valence-corrected chi connectivity index (χ3v) is 6.43. The van der Waals surface area contributed by atoms with E-state index in [9.17, 15) is 4.79 Å². The summed E-state index contributed by atoms with van der Waals surface area (Å²) >= 11 is 1.67. The van der Waals surface area contributed by atoms with Gasteiger partial charge >= 0.3 is 0 Å². The summed E-state index contributed by atoms with van der Waals surface area (Å²) in [4.78, 5) is 15.5. The molecule has 0 saturated carbocycles. The summed E-state index contributed by atoms with van der Waals surface area (Å²) < 4.78 is 5.49. The number of nitrogens with one attached hydrogen (secondary N) is 1. The molecule has 214 valence electrons. The number of hydrazine groups is 1. The quantitative estimate of drug-likeness (QED) is 0.182. The monoisotopic (exact) mass is 551 g/mol. The number of hydrogen-bond acceptors (Lipinski definition) is 6. The molecule has 3 rings (SSSR count). The Morgan fingerprint density at radius 1 is 1.03 bits per heavy atom. The average molecular weight is 552 g/mol. The van der Waals surface area contributed by atoms with E-state index in [0.29, 0.717) is 6.42 Å². The maximum absolute atomic E-state index is 9.51. The summed E-state index contributed by atoms with van der Waals surface area (Å²) in [6, 6.07) is 16.2. The fourth-order valence-electron chi connectivity index (χ4n) is 2.94. The fourth-order valence-corrected chi connectivity index (χ4v) is 3.79. The lowest BCUT2D eigenvalue weighted by Crippen LogP contribution is -2.31. The van der Waals surface area contributed by atoms with Crippen LogP contribution in [-0.4, -0.2) is 44.8 Å². The number of allylic oxidation sites excluding steroid dienone is 3. The Morgan fingerprint density at radius 3 is 2.18 bits per heavy atom. The summed E-state index contributed by atoms with van der Waals surface area (Å²) in [7, 11) is 5.67. The molecule has 0 spiro atoms. The zero-order chi connectivity index (χ0) is 29.3. The first-order valence-corrected chi connectivity index (χ1v) is 14.6. The number of ether oxygens (including phenoxy) is 1. The van der Waals surface area contributed by atoms with E-state index >= 15 is 0 Å². The molecule has 0 unspecified atom stereocenters. The zero-order valence-corrected chi connectivity index (χ0v) is 25.9. The standard InChI is InChI=1S/C18H15NOS.C6H16N2.C5H8O.C4H10/c1-3-13-12-21-17-11-7-5-9-15(17)18(19-13)14-8-4-6-10-16(14)20-2;1-4-5-6-8(3)7-2;1-2-3-4-5-6;1-3-4-2/h3-12H,1H2,2H3;7H,4-6H2,1-3H3;2-3,5H,4H2,1H3;3-4H2,1-2H3/b;;3-2-;. The van der Waals surface area contributed by atoms with Gasteiger partial charge in [-0.1, -0.05) is 101 Å². The highest BCUT2D eigenvalue weighted by atomic mass is 32.2. The van der Waals surface area contributed by atoms with E-state index in [1.807, 2.05) is 67.9 Å². The third-order valence-electron chi connectivity index (χ3n) is 5.46. The van der Waals surface area contributed by atoms with E-state index in [1.165, 1.54) is 30.6 Å². The number of benzene rings is 2. The van der Waals surface area contributed by atoms with Crippen molar-refractivity contribution >= 4 is 23.8 Å².